The van der Waals surface area contributed by atoms with Crippen molar-refractivity contribution in [1.29, 1.82) is 0 Å². The van der Waals surface area contributed by atoms with Crippen molar-refractivity contribution in [3.8, 4) is 23.0 Å². The minimum Gasteiger partial charge on any atom is -0.496 e. The molecule has 328 valence electrons. The predicted octanol–water partition coefficient (Wildman–Crippen LogP) is 9.25. The summed E-state index contributed by atoms with van der Waals surface area (Å²) in [6.45, 7) is 10.8. The third-order valence-corrected chi connectivity index (χ3v) is 11.8. The van der Waals surface area contributed by atoms with Gasteiger partial charge in [-0.2, -0.15) is 0 Å². The number of aldehydes is 1. The van der Waals surface area contributed by atoms with Crippen LogP contribution in [0.3, 0.4) is 0 Å². The summed E-state index contributed by atoms with van der Waals surface area (Å²) in [6.07, 6.45) is 8.94. The van der Waals surface area contributed by atoms with Gasteiger partial charge in [0, 0.05) is 38.2 Å². The Labute approximate surface area is 360 Å². The van der Waals surface area contributed by atoms with E-state index in [-0.39, 0.29) is 62.6 Å². The number of aliphatic hydroxyl groups excluding tert-OH is 2. The normalized spacial score (nSPS) is 23.4. The molecule has 0 bridgehead atoms. The van der Waals surface area contributed by atoms with E-state index in [1.54, 1.807) is 36.2 Å². The van der Waals surface area contributed by atoms with Gasteiger partial charge in [-0.25, -0.2) is 4.79 Å². The number of carbonyl (C=O) groups excluding carboxylic acids is 2. The summed E-state index contributed by atoms with van der Waals surface area (Å²) < 4.78 is 32.0. The number of allylic oxidation sites excluding steroid dienone is 1. The van der Waals surface area contributed by atoms with Gasteiger partial charge >= 0.3 is 6.09 Å². The van der Waals surface area contributed by atoms with Crippen molar-refractivity contribution in [1.82, 2.24) is 4.90 Å². The Morgan fingerprint density at radius 3 is 2.41 bits per heavy atom. The molecule has 0 aromatic heterocycles. The summed E-state index contributed by atoms with van der Waals surface area (Å²) in [5.74, 6) is -0.0569. The van der Waals surface area contributed by atoms with E-state index in [4.69, 9.17) is 33.7 Å². The first-order valence-electron chi connectivity index (χ1n) is 21.4. The van der Waals surface area contributed by atoms with Gasteiger partial charge in [0.05, 0.1) is 37.5 Å². The van der Waals surface area contributed by atoms with E-state index >= 15 is 0 Å². The number of likely N-dealkylation sites (N-methyl/N-ethyl adjacent to an activating group) is 1. The summed E-state index contributed by atoms with van der Waals surface area (Å²) in [7, 11) is 3.23. The fourth-order valence-corrected chi connectivity index (χ4v) is 9.06. The maximum atomic E-state index is 14.1. The molecule has 6 unspecified atom stereocenters. The van der Waals surface area contributed by atoms with Gasteiger partial charge in [-0.15, -0.1) is 6.58 Å². The molecule has 12 heteroatoms. The van der Waals surface area contributed by atoms with Crippen LogP contribution in [-0.4, -0.2) is 85.6 Å². The number of fused-ring (bicyclic) bond motifs is 2. The molecule has 61 heavy (non-hydrogen) atoms. The summed E-state index contributed by atoms with van der Waals surface area (Å²) in [4.78, 5) is 33.8. The van der Waals surface area contributed by atoms with Crippen LogP contribution >= 0.6 is 0 Å². The molecular weight excluding hydrogens is 777 g/mol. The van der Waals surface area contributed by atoms with Crippen molar-refractivity contribution in [2.75, 3.05) is 40.6 Å². The highest BCUT2D eigenvalue weighted by molar-refractivity contribution is 6.03. The minimum atomic E-state index is -1.42. The number of hydrogen-bond donors (Lipinski definition) is 2. The fraction of sp³-hybridized carbons (Fsp3) is 0.490. The van der Waals surface area contributed by atoms with Crippen LogP contribution in [0.1, 0.15) is 93.1 Å². The molecular formula is C49H62N2O10. The van der Waals surface area contributed by atoms with Crippen molar-refractivity contribution in [2.45, 2.75) is 90.1 Å². The first kappa shape index (κ1) is 45.4. The lowest BCUT2D eigenvalue weighted by Crippen LogP contribution is -2.69. The number of oxime groups is 1. The molecule has 0 spiro atoms. The average molecular weight is 839 g/mol. The van der Waals surface area contributed by atoms with Gasteiger partial charge in [-0.3, -0.25) is 4.79 Å². The van der Waals surface area contributed by atoms with E-state index in [0.717, 1.165) is 48.7 Å². The molecule has 1 aliphatic heterocycles. The second-order valence-electron chi connectivity index (χ2n) is 17.4. The first-order valence-corrected chi connectivity index (χ1v) is 21.4. The SMILES string of the molecule is C=CCOC12Oc3ccc(Oc4ccc(OC)c(C=O)c4)cc3C3C(CCCCO)C(CCCCO)C=C(C(=NOCc4ccccc4)CC1N(C)C(=O)OCC(C)(C)C)C32. The zero-order valence-electron chi connectivity index (χ0n) is 36.2. The van der Waals surface area contributed by atoms with Gasteiger partial charge in [0.15, 0.2) is 6.29 Å². The van der Waals surface area contributed by atoms with E-state index in [9.17, 15) is 19.8 Å². The average Bonchev–Trinajstić information content (AvgIpc) is 3.26. The zero-order valence-corrected chi connectivity index (χ0v) is 36.2. The minimum absolute atomic E-state index is 0.0228. The van der Waals surface area contributed by atoms with E-state index in [1.807, 2.05) is 69.3 Å². The topological polar surface area (TPSA) is 146 Å². The van der Waals surface area contributed by atoms with E-state index < -0.39 is 23.8 Å². The lowest BCUT2D eigenvalue weighted by Gasteiger charge is -2.59. The van der Waals surface area contributed by atoms with Crippen molar-refractivity contribution in [3.05, 3.63) is 108 Å². The molecule has 0 radical (unpaired) electrons. The number of aliphatic hydroxyl groups is 2. The highest BCUT2D eigenvalue weighted by Crippen LogP contribution is 2.62. The van der Waals surface area contributed by atoms with Crippen LogP contribution in [-0.2, 0) is 20.9 Å². The van der Waals surface area contributed by atoms with Crippen LogP contribution < -0.4 is 14.2 Å². The molecule has 1 heterocycles. The summed E-state index contributed by atoms with van der Waals surface area (Å²) >= 11 is 0. The third kappa shape index (κ3) is 10.5. The van der Waals surface area contributed by atoms with Gasteiger partial charge in [-0.1, -0.05) is 81.3 Å². The molecule has 1 amide bonds. The molecule has 6 rings (SSSR count). The Morgan fingerprint density at radius 2 is 1.72 bits per heavy atom. The van der Waals surface area contributed by atoms with Gasteiger partial charge in [0.1, 0.15) is 35.6 Å². The summed E-state index contributed by atoms with van der Waals surface area (Å²) in [5, 5.41) is 24.7. The van der Waals surface area contributed by atoms with Gasteiger partial charge < -0.3 is 43.6 Å². The number of nitrogens with zero attached hydrogens (tertiary/aromatic N) is 2. The summed E-state index contributed by atoms with van der Waals surface area (Å²) in [6, 6.07) is 19.9. The lowest BCUT2D eigenvalue weighted by molar-refractivity contribution is -0.253. The van der Waals surface area contributed by atoms with Crippen LogP contribution in [0.4, 0.5) is 4.79 Å². The van der Waals surface area contributed by atoms with Crippen molar-refractivity contribution < 1.29 is 48.3 Å². The molecule has 0 saturated heterocycles. The number of benzene rings is 3. The molecule has 1 fully saturated rings. The maximum absolute atomic E-state index is 14.1. The van der Waals surface area contributed by atoms with Crippen molar-refractivity contribution in [2.24, 2.45) is 28.3 Å². The fourth-order valence-electron chi connectivity index (χ4n) is 9.06. The first-order chi connectivity index (χ1) is 29.5. The largest absolute Gasteiger partial charge is 0.496 e. The molecule has 2 aliphatic carbocycles. The standard InChI is InChI=1S/C49H62N2O10/c1-7-25-58-49-44(51(5)47(55)57-32-48(2,3)4)29-41(50-59-31-33-15-9-8-10-16-33)39-27-34(17-11-13-23-52)38(18-12-14-24-53)45(46(39)49)40-28-37(20-22-43(40)61-49)60-36-19-21-42(56-6)35(26-36)30-54/h7-10,15-16,19-22,26-28,30,34,38,44-46,52-53H,1,11-14,17-18,23-25,29,31-32H2,2-6H3. The second-order valence-corrected chi connectivity index (χ2v) is 17.4. The Balaban J connectivity index is 1.55. The highest BCUT2D eigenvalue weighted by Gasteiger charge is 2.65. The molecule has 2 N–H and O–H groups in total. The number of ether oxygens (including phenoxy) is 5. The number of unbranched alkanes of at least 4 members (excludes halogenated alkanes) is 2. The van der Waals surface area contributed by atoms with Crippen LogP contribution in [0.25, 0.3) is 0 Å². The van der Waals surface area contributed by atoms with E-state index in [0.29, 0.717) is 47.1 Å². The van der Waals surface area contributed by atoms with Gasteiger partial charge in [0.25, 0.3) is 0 Å². The van der Waals surface area contributed by atoms with Crippen LogP contribution in [0.5, 0.6) is 23.0 Å². The Kier molecular flexibility index (Phi) is 15.3. The second kappa shape index (κ2) is 20.6. The highest BCUT2D eigenvalue weighted by atomic mass is 16.7. The molecule has 3 aromatic rings. The number of methoxy groups -OCH3 is 1. The third-order valence-electron chi connectivity index (χ3n) is 11.8. The van der Waals surface area contributed by atoms with Crippen LogP contribution in [0.15, 0.2) is 96.2 Å². The molecule has 12 nitrogen and oxygen atoms in total. The smallest absolute Gasteiger partial charge is 0.410 e. The number of amides is 1. The quantitative estimate of drug-likeness (QED) is 0.0489. The number of hydrogen-bond acceptors (Lipinski definition) is 11. The van der Waals surface area contributed by atoms with Crippen LogP contribution in [0.2, 0.25) is 0 Å². The molecule has 6 atom stereocenters. The molecule has 3 aromatic carbocycles. The Morgan fingerprint density at radius 1 is 1.00 bits per heavy atom. The van der Waals surface area contributed by atoms with Crippen molar-refractivity contribution in [3.63, 3.8) is 0 Å². The number of carbonyl (C=O) groups is 2. The predicted molar refractivity (Wildman–Crippen MR) is 233 cm³/mol. The van der Waals surface area contributed by atoms with E-state index in [1.165, 1.54) is 7.11 Å². The van der Waals surface area contributed by atoms with E-state index in [2.05, 4.69) is 12.7 Å². The van der Waals surface area contributed by atoms with Gasteiger partial charge in [-0.05, 0) is 90.5 Å². The Hall–Kier alpha value is -5.17. The summed E-state index contributed by atoms with van der Waals surface area (Å²) in [5.41, 5.74) is 3.57. The molecule has 3 aliphatic rings. The van der Waals surface area contributed by atoms with Gasteiger partial charge in [0.2, 0.25) is 5.79 Å². The zero-order chi connectivity index (χ0) is 43.6. The molecule has 1 saturated carbocycles. The monoisotopic (exact) mass is 838 g/mol. The van der Waals surface area contributed by atoms with Crippen molar-refractivity contribution >= 4 is 18.1 Å². The Bertz CT molecular complexity index is 2030. The van der Waals surface area contributed by atoms with Crippen LogP contribution in [0, 0.1) is 23.2 Å². The maximum Gasteiger partial charge on any atom is 0.410 e. The number of rotatable bonds is 20. The lowest BCUT2D eigenvalue weighted by atomic mass is 9.55.